The van der Waals surface area contributed by atoms with Crippen LogP contribution in [0.25, 0.3) is 0 Å². The number of rotatable bonds is 4. The first-order valence-electron chi connectivity index (χ1n) is 7.00. The smallest absolute Gasteiger partial charge is 0.338 e. The Morgan fingerprint density at radius 3 is 2.68 bits per heavy atom. The second-order valence-corrected chi connectivity index (χ2v) is 5.02. The van der Waals surface area contributed by atoms with Crippen molar-refractivity contribution < 1.29 is 19.1 Å². The standard InChI is InChI=1S/C15H20N2O4.ClH/c1-2-21-13(18)11-4-3-5-12(10-11)17-14(19)15(16)6-8-20-9-7-15;/h3-5,10H,2,6-9,16H2,1H3,(H,17,19);1H. The van der Waals surface area contributed by atoms with Gasteiger partial charge in [0.25, 0.3) is 0 Å². The molecule has 1 aliphatic heterocycles. The minimum atomic E-state index is -0.918. The van der Waals surface area contributed by atoms with E-state index in [0.717, 1.165) is 0 Å². The highest BCUT2D eigenvalue weighted by Crippen LogP contribution is 2.20. The second kappa shape index (κ2) is 8.12. The Hall–Kier alpha value is -1.63. The Kier molecular flexibility index (Phi) is 6.80. The number of hydrogen-bond donors (Lipinski definition) is 2. The molecule has 0 radical (unpaired) electrons. The normalized spacial score (nSPS) is 16.3. The molecular formula is C15H21ClN2O4. The Labute approximate surface area is 135 Å². The molecule has 7 heteroatoms. The molecule has 0 unspecified atom stereocenters. The molecule has 22 heavy (non-hydrogen) atoms. The zero-order valence-electron chi connectivity index (χ0n) is 12.5. The molecule has 0 aliphatic carbocycles. The predicted molar refractivity (Wildman–Crippen MR) is 85.2 cm³/mol. The van der Waals surface area contributed by atoms with Crippen LogP contribution in [0.1, 0.15) is 30.1 Å². The lowest BCUT2D eigenvalue weighted by atomic mass is 9.90. The quantitative estimate of drug-likeness (QED) is 0.821. The van der Waals surface area contributed by atoms with Gasteiger partial charge < -0.3 is 20.5 Å². The Balaban J connectivity index is 0.00000242. The molecule has 1 aliphatic rings. The van der Waals surface area contributed by atoms with Crippen LogP contribution < -0.4 is 11.1 Å². The van der Waals surface area contributed by atoms with Gasteiger partial charge in [-0.3, -0.25) is 4.79 Å². The minimum absolute atomic E-state index is 0. The van der Waals surface area contributed by atoms with Gasteiger partial charge in [-0.2, -0.15) is 0 Å². The highest BCUT2D eigenvalue weighted by Gasteiger charge is 2.35. The third-order valence-electron chi connectivity index (χ3n) is 3.47. The van der Waals surface area contributed by atoms with E-state index >= 15 is 0 Å². The summed E-state index contributed by atoms with van der Waals surface area (Å²) in [5.74, 6) is -0.672. The lowest BCUT2D eigenvalue weighted by Crippen LogP contribution is -2.54. The highest BCUT2D eigenvalue weighted by atomic mass is 35.5. The molecule has 0 saturated carbocycles. The van der Waals surface area contributed by atoms with Crippen LogP contribution in [0.2, 0.25) is 0 Å². The predicted octanol–water partition coefficient (Wildman–Crippen LogP) is 1.73. The first-order chi connectivity index (χ1) is 10.0. The topological polar surface area (TPSA) is 90.7 Å². The van der Waals surface area contributed by atoms with Gasteiger partial charge in [0.2, 0.25) is 5.91 Å². The molecule has 6 nitrogen and oxygen atoms in total. The summed E-state index contributed by atoms with van der Waals surface area (Å²) in [6.07, 6.45) is 0.965. The Bertz CT molecular complexity index is 530. The summed E-state index contributed by atoms with van der Waals surface area (Å²) < 4.78 is 10.2. The van der Waals surface area contributed by atoms with Crippen LogP contribution in [0.4, 0.5) is 5.69 Å². The van der Waals surface area contributed by atoms with E-state index in [1.807, 2.05) is 0 Å². The highest BCUT2D eigenvalue weighted by molar-refractivity contribution is 5.99. The summed E-state index contributed by atoms with van der Waals surface area (Å²) >= 11 is 0. The number of ether oxygens (including phenoxy) is 2. The SMILES string of the molecule is CCOC(=O)c1cccc(NC(=O)C2(N)CCOCC2)c1.Cl. The Morgan fingerprint density at radius 2 is 2.05 bits per heavy atom. The number of carbonyl (C=O) groups excluding carboxylic acids is 2. The largest absolute Gasteiger partial charge is 0.462 e. The monoisotopic (exact) mass is 328 g/mol. The van der Waals surface area contributed by atoms with Crippen molar-refractivity contribution in [1.82, 2.24) is 0 Å². The minimum Gasteiger partial charge on any atom is -0.462 e. The van der Waals surface area contributed by atoms with Crippen LogP contribution in [-0.2, 0) is 14.3 Å². The maximum Gasteiger partial charge on any atom is 0.338 e. The summed E-state index contributed by atoms with van der Waals surface area (Å²) in [4.78, 5) is 24.0. The Morgan fingerprint density at radius 1 is 1.36 bits per heavy atom. The number of nitrogens with two attached hydrogens (primary N) is 1. The van der Waals surface area contributed by atoms with Crippen LogP contribution in [0.5, 0.6) is 0 Å². The average molecular weight is 329 g/mol. The number of amides is 1. The van der Waals surface area contributed by atoms with Gasteiger partial charge in [0.05, 0.1) is 12.2 Å². The van der Waals surface area contributed by atoms with E-state index in [9.17, 15) is 9.59 Å². The number of carbonyl (C=O) groups is 2. The molecular weight excluding hydrogens is 308 g/mol. The molecule has 0 bridgehead atoms. The first-order valence-corrected chi connectivity index (χ1v) is 7.00. The van der Waals surface area contributed by atoms with E-state index in [4.69, 9.17) is 15.2 Å². The van der Waals surface area contributed by atoms with Crippen LogP contribution in [0.3, 0.4) is 0 Å². The van der Waals surface area contributed by atoms with Gasteiger partial charge in [0.1, 0.15) is 5.54 Å². The fourth-order valence-corrected chi connectivity index (χ4v) is 2.16. The van der Waals surface area contributed by atoms with Gasteiger partial charge in [-0.25, -0.2) is 4.79 Å². The molecule has 122 valence electrons. The second-order valence-electron chi connectivity index (χ2n) is 5.02. The van der Waals surface area contributed by atoms with Gasteiger partial charge in [0, 0.05) is 18.9 Å². The lowest BCUT2D eigenvalue weighted by molar-refractivity contribution is -0.124. The third-order valence-corrected chi connectivity index (χ3v) is 3.47. The molecule has 2 rings (SSSR count). The zero-order chi connectivity index (χ0) is 15.3. The van der Waals surface area contributed by atoms with E-state index < -0.39 is 11.5 Å². The van der Waals surface area contributed by atoms with Crippen molar-refractivity contribution in [3.8, 4) is 0 Å². The number of hydrogen-bond acceptors (Lipinski definition) is 5. The van der Waals surface area contributed by atoms with Gasteiger partial charge in [0.15, 0.2) is 0 Å². The summed E-state index contributed by atoms with van der Waals surface area (Å²) in [7, 11) is 0. The van der Waals surface area contributed by atoms with Crippen molar-refractivity contribution in [3.05, 3.63) is 29.8 Å². The summed E-state index contributed by atoms with van der Waals surface area (Å²) in [5, 5.41) is 2.76. The van der Waals surface area contributed by atoms with Gasteiger partial charge in [-0.1, -0.05) is 6.07 Å². The zero-order valence-corrected chi connectivity index (χ0v) is 13.3. The van der Waals surface area contributed by atoms with Crippen LogP contribution in [0, 0.1) is 0 Å². The molecule has 1 aromatic carbocycles. The summed E-state index contributed by atoms with van der Waals surface area (Å²) in [6.45, 7) is 3.01. The maximum absolute atomic E-state index is 12.3. The lowest BCUT2D eigenvalue weighted by Gasteiger charge is -2.31. The number of anilines is 1. The van der Waals surface area contributed by atoms with Crippen molar-refractivity contribution in [2.24, 2.45) is 5.73 Å². The summed E-state index contributed by atoms with van der Waals surface area (Å²) in [6, 6.07) is 6.62. The fraction of sp³-hybridized carbons (Fsp3) is 0.467. The van der Waals surface area contributed by atoms with Gasteiger partial charge in [-0.15, -0.1) is 12.4 Å². The van der Waals surface area contributed by atoms with Crippen molar-refractivity contribution >= 4 is 30.0 Å². The van der Waals surface area contributed by atoms with Gasteiger partial charge >= 0.3 is 5.97 Å². The number of nitrogens with one attached hydrogen (secondary N) is 1. The van der Waals surface area contributed by atoms with E-state index in [-0.39, 0.29) is 18.3 Å². The molecule has 0 atom stereocenters. The van der Waals surface area contributed by atoms with Crippen molar-refractivity contribution in [3.63, 3.8) is 0 Å². The van der Waals surface area contributed by atoms with E-state index in [1.54, 1.807) is 31.2 Å². The average Bonchev–Trinajstić information content (AvgIpc) is 2.48. The number of esters is 1. The number of benzene rings is 1. The molecule has 1 fully saturated rings. The summed E-state index contributed by atoms with van der Waals surface area (Å²) in [5.41, 5.74) is 6.12. The molecule has 0 spiro atoms. The van der Waals surface area contributed by atoms with E-state index in [1.165, 1.54) is 0 Å². The van der Waals surface area contributed by atoms with Crippen molar-refractivity contribution in [2.75, 3.05) is 25.1 Å². The molecule has 3 N–H and O–H groups in total. The van der Waals surface area contributed by atoms with Crippen LogP contribution >= 0.6 is 12.4 Å². The number of halogens is 1. The molecule has 1 saturated heterocycles. The van der Waals surface area contributed by atoms with Crippen molar-refractivity contribution in [2.45, 2.75) is 25.3 Å². The van der Waals surface area contributed by atoms with Crippen LogP contribution in [-0.4, -0.2) is 37.2 Å². The molecule has 1 heterocycles. The van der Waals surface area contributed by atoms with Crippen LogP contribution in [0.15, 0.2) is 24.3 Å². The van der Waals surface area contributed by atoms with E-state index in [2.05, 4.69) is 5.32 Å². The van der Waals surface area contributed by atoms with Crippen molar-refractivity contribution in [1.29, 1.82) is 0 Å². The fourth-order valence-electron chi connectivity index (χ4n) is 2.16. The first kappa shape index (κ1) is 18.4. The molecule has 1 aromatic rings. The molecule has 1 amide bonds. The third kappa shape index (κ3) is 4.43. The maximum atomic E-state index is 12.3. The van der Waals surface area contributed by atoms with E-state index in [0.29, 0.717) is 43.9 Å². The molecule has 0 aromatic heterocycles. The van der Waals surface area contributed by atoms with Gasteiger partial charge in [-0.05, 0) is 38.0 Å².